The van der Waals surface area contributed by atoms with E-state index in [1.165, 1.54) is 5.56 Å². The van der Waals surface area contributed by atoms with E-state index >= 15 is 0 Å². The number of carbonyl (C=O) groups is 1. The molecule has 0 aromatic heterocycles. The molecular formula is C10H14BrN3O. The van der Waals surface area contributed by atoms with Gasteiger partial charge in [0.25, 0.3) is 0 Å². The number of halogens is 1. The maximum Gasteiger partial charge on any atom is 0.331 e. The van der Waals surface area contributed by atoms with Gasteiger partial charge in [-0.3, -0.25) is 5.43 Å². The van der Waals surface area contributed by atoms with E-state index in [9.17, 15) is 4.79 Å². The summed E-state index contributed by atoms with van der Waals surface area (Å²) in [5.41, 5.74) is 3.27. The van der Waals surface area contributed by atoms with Gasteiger partial charge in [-0.25, -0.2) is 10.6 Å². The summed E-state index contributed by atoms with van der Waals surface area (Å²) in [4.78, 5) is 12.6. The molecule has 0 fully saturated rings. The van der Waals surface area contributed by atoms with E-state index in [0.29, 0.717) is 6.54 Å². The van der Waals surface area contributed by atoms with Crippen LogP contribution in [0, 0.1) is 0 Å². The molecule has 5 heteroatoms. The summed E-state index contributed by atoms with van der Waals surface area (Å²) in [5, 5.41) is 0. The van der Waals surface area contributed by atoms with Gasteiger partial charge in [0.15, 0.2) is 0 Å². The number of urea groups is 1. The van der Waals surface area contributed by atoms with Crippen LogP contribution in [-0.2, 0) is 6.42 Å². The molecule has 0 aliphatic carbocycles. The Hall–Kier alpha value is -1.07. The highest BCUT2D eigenvalue weighted by Gasteiger charge is 2.05. The van der Waals surface area contributed by atoms with Crippen LogP contribution >= 0.6 is 15.9 Å². The highest BCUT2D eigenvalue weighted by Crippen LogP contribution is 2.12. The molecule has 0 aliphatic rings. The molecule has 1 aromatic rings. The lowest BCUT2D eigenvalue weighted by atomic mass is 10.1. The molecule has 1 rings (SSSR count). The summed E-state index contributed by atoms with van der Waals surface area (Å²) in [7, 11) is 1.71. The molecule has 3 N–H and O–H groups in total. The van der Waals surface area contributed by atoms with Crippen molar-refractivity contribution in [3.05, 3.63) is 34.3 Å². The van der Waals surface area contributed by atoms with Crippen LogP contribution in [-0.4, -0.2) is 24.5 Å². The standard InChI is InChI=1S/C10H14BrN3O/c1-14(10(15)13-12)6-5-8-3-2-4-9(11)7-8/h2-4,7H,5-6,12H2,1H3,(H,13,15). The van der Waals surface area contributed by atoms with Crippen LogP contribution in [0.1, 0.15) is 5.56 Å². The first-order valence-corrected chi connectivity index (χ1v) is 5.39. The molecular weight excluding hydrogens is 258 g/mol. The number of rotatable bonds is 3. The third-order valence-corrected chi connectivity index (χ3v) is 2.59. The van der Waals surface area contributed by atoms with Gasteiger partial charge < -0.3 is 4.90 Å². The van der Waals surface area contributed by atoms with Crippen molar-refractivity contribution in [2.45, 2.75) is 6.42 Å². The second-order valence-electron chi connectivity index (χ2n) is 3.25. The Bertz CT molecular complexity index is 343. The number of likely N-dealkylation sites (N-methyl/N-ethyl adjacent to an activating group) is 1. The fraction of sp³-hybridized carbons (Fsp3) is 0.300. The number of nitrogens with zero attached hydrogens (tertiary/aromatic N) is 1. The molecule has 0 radical (unpaired) electrons. The van der Waals surface area contributed by atoms with Crippen LogP contribution in [0.2, 0.25) is 0 Å². The first-order chi connectivity index (χ1) is 7.13. The maximum atomic E-state index is 11.1. The predicted octanol–water partition coefficient (Wildman–Crippen LogP) is 1.51. The highest BCUT2D eigenvalue weighted by molar-refractivity contribution is 9.10. The smallest absolute Gasteiger partial charge is 0.326 e. The average molecular weight is 272 g/mol. The van der Waals surface area contributed by atoms with Crippen molar-refractivity contribution in [2.75, 3.05) is 13.6 Å². The lowest BCUT2D eigenvalue weighted by Crippen LogP contribution is -2.41. The first-order valence-electron chi connectivity index (χ1n) is 4.59. The Kier molecular flexibility index (Phi) is 4.58. The normalized spacial score (nSPS) is 9.80. The van der Waals surface area contributed by atoms with Crippen molar-refractivity contribution in [1.82, 2.24) is 10.3 Å². The van der Waals surface area contributed by atoms with Crippen molar-refractivity contribution >= 4 is 22.0 Å². The third kappa shape index (κ3) is 3.89. The van der Waals surface area contributed by atoms with Crippen LogP contribution in [0.3, 0.4) is 0 Å². The first kappa shape index (κ1) is 12.0. The number of hydrogen-bond donors (Lipinski definition) is 2. The van der Waals surface area contributed by atoms with E-state index in [1.807, 2.05) is 24.3 Å². The summed E-state index contributed by atoms with van der Waals surface area (Å²) in [5.74, 6) is 5.02. The maximum absolute atomic E-state index is 11.1. The molecule has 2 amide bonds. The SMILES string of the molecule is CN(CCc1cccc(Br)c1)C(=O)NN. The van der Waals surface area contributed by atoms with E-state index in [1.54, 1.807) is 11.9 Å². The molecule has 0 atom stereocenters. The summed E-state index contributed by atoms with van der Waals surface area (Å²) in [6, 6.07) is 7.74. The number of amides is 2. The van der Waals surface area contributed by atoms with Crippen LogP contribution in [0.5, 0.6) is 0 Å². The Labute approximate surface area is 97.5 Å². The van der Waals surface area contributed by atoms with Gasteiger partial charge in [0.1, 0.15) is 0 Å². The number of carbonyl (C=O) groups excluding carboxylic acids is 1. The number of hydrazine groups is 1. The molecule has 82 valence electrons. The average Bonchev–Trinajstić information content (AvgIpc) is 2.25. The second kappa shape index (κ2) is 5.72. The molecule has 0 aliphatic heterocycles. The molecule has 0 saturated carbocycles. The van der Waals surface area contributed by atoms with E-state index in [2.05, 4.69) is 21.4 Å². The zero-order valence-corrected chi connectivity index (χ0v) is 10.1. The fourth-order valence-electron chi connectivity index (χ4n) is 1.20. The van der Waals surface area contributed by atoms with Gasteiger partial charge in [-0.15, -0.1) is 0 Å². The Morgan fingerprint density at radius 2 is 2.33 bits per heavy atom. The van der Waals surface area contributed by atoms with Gasteiger partial charge in [-0.1, -0.05) is 28.1 Å². The fourth-order valence-corrected chi connectivity index (χ4v) is 1.65. The Morgan fingerprint density at radius 3 is 2.93 bits per heavy atom. The molecule has 0 spiro atoms. The van der Waals surface area contributed by atoms with E-state index in [4.69, 9.17) is 5.84 Å². The number of benzene rings is 1. The minimum Gasteiger partial charge on any atom is -0.326 e. The molecule has 15 heavy (non-hydrogen) atoms. The molecule has 0 unspecified atom stereocenters. The van der Waals surface area contributed by atoms with Crippen LogP contribution in [0.4, 0.5) is 4.79 Å². The van der Waals surface area contributed by atoms with Crippen molar-refractivity contribution < 1.29 is 4.79 Å². The van der Waals surface area contributed by atoms with E-state index in [0.717, 1.165) is 10.9 Å². The number of nitrogens with one attached hydrogen (secondary N) is 1. The molecule has 4 nitrogen and oxygen atoms in total. The Morgan fingerprint density at radius 1 is 1.60 bits per heavy atom. The van der Waals surface area contributed by atoms with Gasteiger partial charge in [-0.05, 0) is 24.1 Å². The van der Waals surface area contributed by atoms with Gasteiger partial charge in [0.2, 0.25) is 0 Å². The van der Waals surface area contributed by atoms with Gasteiger partial charge in [0, 0.05) is 18.1 Å². The molecule has 0 bridgehead atoms. The van der Waals surface area contributed by atoms with Crippen molar-refractivity contribution in [3.63, 3.8) is 0 Å². The molecule has 0 saturated heterocycles. The summed E-state index contributed by atoms with van der Waals surface area (Å²) in [6.07, 6.45) is 0.809. The number of nitrogens with two attached hydrogens (primary N) is 1. The quantitative estimate of drug-likeness (QED) is 0.498. The lowest BCUT2D eigenvalue weighted by molar-refractivity contribution is 0.209. The Balaban J connectivity index is 2.47. The summed E-state index contributed by atoms with van der Waals surface area (Å²) < 4.78 is 1.05. The molecule has 0 heterocycles. The largest absolute Gasteiger partial charge is 0.331 e. The van der Waals surface area contributed by atoms with Crippen LogP contribution in [0.25, 0.3) is 0 Å². The third-order valence-electron chi connectivity index (χ3n) is 2.10. The highest BCUT2D eigenvalue weighted by atomic mass is 79.9. The van der Waals surface area contributed by atoms with Crippen LogP contribution in [0.15, 0.2) is 28.7 Å². The zero-order chi connectivity index (χ0) is 11.3. The summed E-state index contributed by atoms with van der Waals surface area (Å²) >= 11 is 3.40. The monoisotopic (exact) mass is 271 g/mol. The van der Waals surface area contributed by atoms with Gasteiger partial charge in [0.05, 0.1) is 0 Å². The van der Waals surface area contributed by atoms with E-state index < -0.39 is 0 Å². The van der Waals surface area contributed by atoms with Crippen molar-refractivity contribution in [3.8, 4) is 0 Å². The zero-order valence-electron chi connectivity index (χ0n) is 8.53. The van der Waals surface area contributed by atoms with Crippen molar-refractivity contribution in [2.24, 2.45) is 5.84 Å². The number of hydrogen-bond acceptors (Lipinski definition) is 2. The van der Waals surface area contributed by atoms with Gasteiger partial charge >= 0.3 is 6.03 Å². The summed E-state index contributed by atoms with van der Waals surface area (Å²) in [6.45, 7) is 0.638. The van der Waals surface area contributed by atoms with E-state index in [-0.39, 0.29) is 6.03 Å². The second-order valence-corrected chi connectivity index (χ2v) is 4.17. The minimum absolute atomic E-state index is 0.273. The minimum atomic E-state index is -0.273. The van der Waals surface area contributed by atoms with Crippen LogP contribution < -0.4 is 11.3 Å². The van der Waals surface area contributed by atoms with Gasteiger partial charge in [-0.2, -0.15) is 0 Å². The lowest BCUT2D eigenvalue weighted by Gasteiger charge is -2.15. The predicted molar refractivity (Wildman–Crippen MR) is 63.2 cm³/mol. The topological polar surface area (TPSA) is 58.4 Å². The molecule has 1 aromatic carbocycles. The van der Waals surface area contributed by atoms with Crippen molar-refractivity contribution in [1.29, 1.82) is 0 Å².